The lowest BCUT2D eigenvalue weighted by molar-refractivity contribution is -0.130. The van der Waals surface area contributed by atoms with E-state index in [-0.39, 0.29) is 12.5 Å². The topological polar surface area (TPSA) is 90.7 Å². The van der Waals surface area contributed by atoms with Crippen LogP contribution < -0.4 is 11.1 Å². The van der Waals surface area contributed by atoms with Gasteiger partial charge in [-0.2, -0.15) is 0 Å². The molecule has 0 aromatic carbocycles. The Morgan fingerprint density at radius 3 is 2.50 bits per heavy atom. The van der Waals surface area contributed by atoms with Crippen LogP contribution in [0.2, 0.25) is 0 Å². The van der Waals surface area contributed by atoms with Gasteiger partial charge >= 0.3 is 0 Å². The molecule has 0 unspecified atom stereocenters. The van der Waals surface area contributed by atoms with Gasteiger partial charge in [-0.3, -0.25) is 9.59 Å². The molecule has 0 fully saturated rings. The van der Waals surface area contributed by atoms with Crippen molar-refractivity contribution in [2.45, 2.75) is 26.3 Å². The van der Waals surface area contributed by atoms with Crippen molar-refractivity contribution in [3.8, 4) is 0 Å². The van der Waals surface area contributed by atoms with Crippen LogP contribution in [0.3, 0.4) is 0 Å². The van der Waals surface area contributed by atoms with E-state index in [9.17, 15) is 9.59 Å². The maximum absolute atomic E-state index is 11.5. The Hall–Kier alpha value is -1.40. The summed E-state index contributed by atoms with van der Waals surface area (Å²) in [6, 6.07) is -0.696. The Morgan fingerprint density at radius 2 is 2.00 bits per heavy atom. The third-order valence-corrected chi connectivity index (χ3v) is 2.11. The summed E-state index contributed by atoms with van der Waals surface area (Å²) in [5.74, 6) is -0.921. The van der Waals surface area contributed by atoms with Crippen LogP contribution in [-0.4, -0.2) is 44.8 Å². The fraction of sp³-hybridized carbons (Fsp3) is 0.667. The summed E-state index contributed by atoms with van der Waals surface area (Å²) in [6.07, 6.45) is 2.24. The number of amides is 2. The molecule has 18 heavy (non-hydrogen) atoms. The number of methoxy groups -OCH3 is 1. The van der Waals surface area contributed by atoms with Crippen LogP contribution >= 0.6 is 0 Å². The van der Waals surface area contributed by atoms with Gasteiger partial charge in [0.05, 0.1) is 13.2 Å². The number of allylic oxidation sites excluding steroid dienone is 1. The number of carbonyl (C=O) groups is 2. The van der Waals surface area contributed by atoms with Gasteiger partial charge in [0, 0.05) is 7.11 Å². The molecule has 0 saturated heterocycles. The largest absolute Gasteiger partial charge is 0.382 e. The molecule has 0 aliphatic rings. The van der Waals surface area contributed by atoms with Gasteiger partial charge in [0.2, 0.25) is 11.8 Å². The minimum atomic E-state index is -0.696. The number of rotatable bonds is 9. The number of primary amides is 1. The number of hydrogen-bond acceptors (Lipinski definition) is 4. The lowest BCUT2D eigenvalue weighted by Gasteiger charge is -2.14. The van der Waals surface area contributed by atoms with E-state index in [0.29, 0.717) is 19.6 Å². The van der Waals surface area contributed by atoms with E-state index in [0.717, 1.165) is 5.57 Å². The van der Waals surface area contributed by atoms with E-state index in [1.165, 1.54) is 0 Å². The number of hydrogen-bond donors (Lipinski definition) is 2. The quantitative estimate of drug-likeness (QED) is 0.449. The lowest BCUT2D eigenvalue weighted by Crippen LogP contribution is -2.45. The predicted octanol–water partition coefficient (Wildman–Crippen LogP) is -0.0242. The highest BCUT2D eigenvalue weighted by Crippen LogP contribution is 1.98. The maximum atomic E-state index is 11.5. The molecule has 0 heterocycles. The molecule has 0 aliphatic carbocycles. The highest BCUT2D eigenvalue weighted by molar-refractivity contribution is 5.87. The summed E-state index contributed by atoms with van der Waals surface area (Å²) in [4.78, 5) is 22.6. The monoisotopic (exact) mass is 258 g/mol. The Labute approximate surface area is 108 Å². The second kappa shape index (κ2) is 9.61. The predicted molar refractivity (Wildman–Crippen MR) is 67.9 cm³/mol. The maximum Gasteiger partial charge on any atom is 0.246 e. The molecule has 0 aliphatic heterocycles. The van der Waals surface area contributed by atoms with Gasteiger partial charge in [-0.25, -0.2) is 0 Å². The first kappa shape index (κ1) is 16.6. The summed E-state index contributed by atoms with van der Waals surface area (Å²) in [5, 5.41) is 2.52. The van der Waals surface area contributed by atoms with Crippen molar-refractivity contribution in [1.82, 2.24) is 5.32 Å². The minimum absolute atomic E-state index is 0.109. The number of carbonyl (C=O) groups excluding carboxylic acids is 2. The highest BCUT2D eigenvalue weighted by atomic mass is 16.5. The van der Waals surface area contributed by atoms with Crippen LogP contribution in [0.5, 0.6) is 0 Å². The molecule has 3 N–H and O–H groups in total. The second-order valence-electron chi connectivity index (χ2n) is 4.09. The van der Waals surface area contributed by atoms with E-state index < -0.39 is 11.9 Å². The van der Waals surface area contributed by atoms with Crippen LogP contribution in [-0.2, 0) is 19.1 Å². The first-order chi connectivity index (χ1) is 8.47. The van der Waals surface area contributed by atoms with Crippen molar-refractivity contribution in [3.05, 3.63) is 11.6 Å². The molecule has 0 aromatic rings. The van der Waals surface area contributed by atoms with Crippen molar-refractivity contribution in [3.63, 3.8) is 0 Å². The van der Waals surface area contributed by atoms with Crippen LogP contribution in [0.25, 0.3) is 0 Å². The molecule has 1 atom stereocenters. The second-order valence-corrected chi connectivity index (χ2v) is 4.09. The third-order valence-electron chi connectivity index (χ3n) is 2.11. The molecule has 0 radical (unpaired) electrons. The summed E-state index contributed by atoms with van der Waals surface area (Å²) < 4.78 is 9.81. The molecular formula is C12H22N2O4. The van der Waals surface area contributed by atoms with E-state index in [1.807, 2.05) is 19.9 Å². The Morgan fingerprint density at radius 1 is 1.33 bits per heavy atom. The zero-order valence-corrected chi connectivity index (χ0v) is 11.2. The molecule has 0 rings (SSSR count). The molecule has 0 saturated carbocycles. The number of nitrogens with one attached hydrogen (secondary N) is 1. The molecule has 0 aromatic heterocycles. The van der Waals surface area contributed by atoms with Crippen LogP contribution in [0, 0.1) is 0 Å². The van der Waals surface area contributed by atoms with Gasteiger partial charge in [0.1, 0.15) is 12.6 Å². The van der Waals surface area contributed by atoms with Crippen LogP contribution in [0.15, 0.2) is 11.6 Å². The number of nitrogens with two attached hydrogens (primary N) is 1. The Bertz CT molecular complexity index is 298. The first-order valence-electron chi connectivity index (χ1n) is 5.76. The molecule has 0 bridgehead atoms. The van der Waals surface area contributed by atoms with Gasteiger partial charge in [-0.05, 0) is 20.3 Å². The van der Waals surface area contributed by atoms with E-state index in [2.05, 4.69) is 5.32 Å². The van der Waals surface area contributed by atoms with E-state index >= 15 is 0 Å². The van der Waals surface area contributed by atoms with Crippen molar-refractivity contribution >= 4 is 11.8 Å². The molecule has 104 valence electrons. The summed E-state index contributed by atoms with van der Waals surface area (Å²) in [5.41, 5.74) is 6.27. The van der Waals surface area contributed by atoms with Gasteiger partial charge in [0.25, 0.3) is 0 Å². The molecule has 2 amide bonds. The van der Waals surface area contributed by atoms with Crippen molar-refractivity contribution in [2.24, 2.45) is 5.73 Å². The lowest BCUT2D eigenvalue weighted by atomic mass is 10.1. The summed E-state index contributed by atoms with van der Waals surface area (Å²) in [7, 11) is 1.55. The SMILES string of the molecule is COCCOCC(=O)N[C@@H](CC=C(C)C)C(N)=O. The number of ether oxygens (including phenoxy) is 2. The fourth-order valence-electron chi connectivity index (χ4n) is 1.14. The van der Waals surface area contributed by atoms with Gasteiger partial charge in [-0.15, -0.1) is 0 Å². The molecule has 0 spiro atoms. The van der Waals surface area contributed by atoms with E-state index in [4.69, 9.17) is 15.2 Å². The first-order valence-corrected chi connectivity index (χ1v) is 5.76. The summed E-state index contributed by atoms with van der Waals surface area (Å²) in [6.45, 7) is 4.47. The average Bonchev–Trinajstić information content (AvgIpc) is 2.29. The van der Waals surface area contributed by atoms with Gasteiger partial charge in [0.15, 0.2) is 0 Å². The summed E-state index contributed by atoms with van der Waals surface area (Å²) >= 11 is 0. The van der Waals surface area contributed by atoms with Crippen molar-refractivity contribution in [1.29, 1.82) is 0 Å². The zero-order valence-electron chi connectivity index (χ0n) is 11.2. The van der Waals surface area contributed by atoms with E-state index in [1.54, 1.807) is 7.11 Å². The Balaban J connectivity index is 4.04. The third kappa shape index (κ3) is 8.72. The Kier molecular flexibility index (Phi) is 8.86. The molecule has 6 heteroatoms. The average molecular weight is 258 g/mol. The normalized spacial score (nSPS) is 11.7. The molecular weight excluding hydrogens is 236 g/mol. The standard InChI is InChI=1S/C12H22N2O4/c1-9(2)4-5-10(12(13)16)14-11(15)8-18-7-6-17-3/h4,10H,5-8H2,1-3H3,(H2,13,16)(H,14,15)/t10-/m0/s1. The van der Waals surface area contributed by atoms with Crippen LogP contribution in [0.4, 0.5) is 0 Å². The van der Waals surface area contributed by atoms with Gasteiger partial charge in [-0.1, -0.05) is 11.6 Å². The fourth-order valence-corrected chi connectivity index (χ4v) is 1.14. The minimum Gasteiger partial charge on any atom is -0.382 e. The van der Waals surface area contributed by atoms with Crippen molar-refractivity contribution < 1.29 is 19.1 Å². The zero-order chi connectivity index (χ0) is 14.0. The highest BCUT2D eigenvalue weighted by Gasteiger charge is 2.16. The van der Waals surface area contributed by atoms with Gasteiger partial charge < -0.3 is 20.5 Å². The smallest absolute Gasteiger partial charge is 0.246 e. The van der Waals surface area contributed by atoms with Crippen molar-refractivity contribution in [2.75, 3.05) is 26.9 Å². The van der Waals surface area contributed by atoms with Crippen LogP contribution in [0.1, 0.15) is 20.3 Å². The molecule has 6 nitrogen and oxygen atoms in total.